The van der Waals surface area contributed by atoms with Crippen LogP contribution in [-0.4, -0.2) is 47.9 Å². The zero-order chi connectivity index (χ0) is 38.9. The number of alkyl halides is 6. The minimum absolute atomic E-state index is 0. The maximum Gasteiger partial charge on any atom is 0.450 e. The molecule has 0 aromatic heterocycles. The Labute approximate surface area is 348 Å². The molecular formula is C44H42CoF6NO3Pd-. The summed E-state index contributed by atoms with van der Waals surface area (Å²) in [5.41, 5.74) is 10.4. The van der Waals surface area contributed by atoms with Crippen molar-refractivity contribution >= 4 is 34.0 Å². The van der Waals surface area contributed by atoms with Crippen LogP contribution < -0.4 is 0 Å². The van der Waals surface area contributed by atoms with Crippen molar-refractivity contribution in [2.45, 2.75) is 64.0 Å². The van der Waals surface area contributed by atoms with Crippen LogP contribution in [0.4, 0.5) is 26.3 Å². The Morgan fingerprint density at radius 1 is 0.732 bits per heavy atom. The summed E-state index contributed by atoms with van der Waals surface area (Å²) < 4.78 is 74.0. The second kappa shape index (κ2) is 21.1. The van der Waals surface area contributed by atoms with Gasteiger partial charge in [-0.3, -0.25) is 9.79 Å². The van der Waals surface area contributed by atoms with Gasteiger partial charge in [-0.2, -0.15) is 32.8 Å². The molecule has 2 unspecified atom stereocenters. The number of carbonyl (C=O) groups is 1. The molecule has 303 valence electrons. The fourth-order valence-electron chi connectivity index (χ4n) is 6.37. The van der Waals surface area contributed by atoms with Crippen molar-refractivity contribution < 1.29 is 78.2 Å². The molecular weight excluding hydrogens is 870 g/mol. The number of hydrogen-bond acceptors (Lipinski definition) is 4. The molecule has 7 rings (SSSR count). The summed E-state index contributed by atoms with van der Waals surface area (Å²) in [6, 6.07) is 43.4. The van der Waals surface area contributed by atoms with Gasteiger partial charge >= 0.3 is 12.4 Å². The first-order chi connectivity index (χ1) is 25.8. The zero-order valence-electron chi connectivity index (χ0n) is 30.6. The second-order valence-corrected chi connectivity index (χ2v) is 13.5. The fraction of sp³-hybridized carbons (Fsp3) is 0.295. The van der Waals surface area contributed by atoms with Gasteiger partial charge in [0, 0.05) is 37.2 Å². The standard InChI is InChI=1S/C28H20.C11H18NO.C5H4F6O2.Co.Pd/c1-5-13-21(14-6-1)25-26(22-15-7-2-8-16-22)28(24-19-11-4-12-20-24)27(25)23-17-9-3-10-18-23;1-8(2)10-7-13-11(12-10)9-5-3-4-6-9;6-4(7,8)2(12)1-3(13)5(9,10)11;;/h1-20H;5,8-10H,3-4,6-7H2,1-2H3;2,12H,1H2;;/q;-1;;;/t;9?,10-;;;/m.1.../s1. The molecule has 3 atom stereocenters. The number of aliphatic hydroxyl groups excluding tert-OH is 1. The molecule has 4 nitrogen and oxygen atoms in total. The number of aliphatic hydroxyl groups is 1. The van der Waals surface area contributed by atoms with Crippen molar-refractivity contribution in [1.29, 1.82) is 0 Å². The second-order valence-electron chi connectivity index (χ2n) is 13.5. The smallest absolute Gasteiger partial charge is 0.450 e. The van der Waals surface area contributed by atoms with Crippen molar-refractivity contribution in [3.63, 3.8) is 0 Å². The molecule has 1 radical (unpaired) electrons. The molecule has 1 aliphatic heterocycles. The Morgan fingerprint density at radius 3 is 1.38 bits per heavy atom. The topological polar surface area (TPSA) is 58.9 Å². The van der Waals surface area contributed by atoms with Crippen LogP contribution in [0.5, 0.6) is 0 Å². The van der Waals surface area contributed by atoms with Crippen LogP contribution in [0.25, 0.3) is 22.3 Å². The van der Waals surface area contributed by atoms with E-state index < -0.39 is 30.7 Å². The van der Waals surface area contributed by atoms with E-state index in [9.17, 15) is 31.1 Å². The molecule has 0 bridgehead atoms. The SMILES string of the molecule is CC(C)[C@H]1COC(C2[CH-]CCC2)=N1.O=C(CC(O)C(F)(F)F)C(F)(F)F.[Co].[Pd].c1ccc(C2=C(c3ccccc3)C(c3ccccc3)=C2c2ccccc2)cc1. The first kappa shape index (κ1) is 46.6. The van der Waals surface area contributed by atoms with Crippen LogP contribution in [-0.2, 0) is 46.7 Å². The van der Waals surface area contributed by atoms with E-state index in [1.165, 1.54) is 63.8 Å². The predicted octanol–water partition coefficient (Wildman–Crippen LogP) is 11.1. The number of Topliss-reactive ketones (excluding diaryl/α,β-unsaturated/α-hetero) is 1. The molecule has 1 saturated carbocycles. The number of allylic oxidation sites excluding steroid dienone is 4. The summed E-state index contributed by atoms with van der Waals surface area (Å²) in [5.74, 6) is -0.448. The molecule has 1 N–H and O–H groups in total. The van der Waals surface area contributed by atoms with Gasteiger partial charge in [-0.25, -0.2) is 0 Å². The largest absolute Gasteiger partial charge is 0.481 e. The average molecular weight is 912 g/mol. The summed E-state index contributed by atoms with van der Waals surface area (Å²) >= 11 is 0. The summed E-state index contributed by atoms with van der Waals surface area (Å²) in [6.45, 7) is 5.22. The van der Waals surface area contributed by atoms with Crippen molar-refractivity contribution in [1.82, 2.24) is 0 Å². The minimum atomic E-state index is -5.34. The van der Waals surface area contributed by atoms with Gasteiger partial charge in [-0.15, -0.1) is 0 Å². The van der Waals surface area contributed by atoms with Crippen LogP contribution in [0.15, 0.2) is 126 Å². The molecule has 3 aliphatic rings. The Balaban J connectivity index is 0.000000253. The van der Waals surface area contributed by atoms with E-state index in [0.717, 1.165) is 12.5 Å². The third-order valence-corrected chi connectivity index (χ3v) is 9.27. The molecule has 0 saturated heterocycles. The summed E-state index contributed by atoms with van der Waals surface area (Å²) in [7, 11) is 0. The molecule has 0 spiro atoms. The Kier molecular flexibility index (Phi) is 17.6. The van der Waals surface area contributed by atoms with E-state index in [2.05, 4.69) is 147 Å². The maximum absolute atomic E-state index is 11.4. The number of aliphatic imine (C=N–C) groups is 1. The maximum atomic E-state index is 11.4. The van der Waals surface area contributed by atoms with Gasteiger partial charge in [0.15, 0.2) is 12.0 Å². The number of benzene rings is 4. The van der Waals surface area contributed by atoms with Crippen LogP contribution >= 0.6 is 0 Å². The van der Waals surface area contributed by atoms with Gasteiger partial charge < -0.3 is 16.3 Å². The number of ether oxygens (including phenoxy) is 1. The van der Waals surface area contributed by atoms with E-state index in [0.29, 0.717) is 17.9 Å². The van der Waals surface area contributed by atoms with Crippen LogP contribution in [0.2, 0.25) is 0 Å². The van der Waals surface area contributed by atoms with Gasteiger partial charge in [0.2, 0.25) is 5.78 Å². The monoisotopic (exact) mass is 911 g/mol. The first-order valence-electron chi connectivity index (χ1n) is 17.8. The minimum Gasteiger partial charge on any atom is -0.481 e. The van der Waals surface area contributed by atoms with Gasteiger partial charge in [0.1, 0.15) is 6.61 Å². The quantitative estimate of drug-likeness (QED) is 0.109. The number of nitrogens with zero attached hydrogens (tertiary/aromatic N) is 1. The number of rotatable bonds is 8. The fourth-order valence-corrected chi connectivity index (χ4v) is 6.37. The number of carbonyl (C=O) groups excluding carboxylic acids is 1. The zero-order valence-corrected chi connectivity index (χ0v) is 33.2. The number of halogens is 6. The third-order valence-electron chi connectivity index (χ3n) is 9.27. The van der Waals surface area contributed by atoms with Crippen molar-refractivity contribution in [3.8, 4) is 0 Å². The number of hydrogen-bond donors (Lipinski definition) is 1. The average Bonchev–Trinajstić information content (AvgIpc) is 3.87. The molecule has 0 amide bonds. The van der Waals surface area contributed by atoms with Gasteiger partial charge in [-0.1, -0.05) is 154 Å². The van der Waals surface area contributed by atoms with E-state index in [-0.39, 0.29) is 37.2 Å². The van der Waals surface area contributed by atoms with Gasteiger partial charge in [0.05, 0.1) is 12.5 Å². The first-order valence-corrected chi connectivity index (χ1v) is 17.8. The molecule has 4 aromatic rings. The Bertz CT molecular complexity index is 1720. The van der Waals surface area contributed by atoms with Crippen LogP contribution in [0, 0.1) is 18.3 Å². The molecule has 56 heavy (non-hydrogen) atoms. The third kappa shape index (κ3) is 12.1. The van der Waals surface area contributed by atoms with E-state index >= 15 is 0 Å². The Morgan fingerprint density at radius 2 is 1.11 bits per heavy atom. The summed E-state index contributed by atoms with van der Waals surface area (Å²) in [5, 5.41) is 8.07. The summed E-state index contributed by atoms with van der Waals surface area (Å²) in [4.78, 5) is 14.6. The van der Waals surface area contributed by atoms with Crippen molar-refractivity contribution in [2.24, 2.45) is 16.8 Å². The van der Waals surface area contributed by atoms with Crippen molar-refractivity contribution in [3.05, 3.63) is 150 Å². The molecule has 1 heterocycles. The van der Waals surface area contributed by atoms with E-state index in [1.54, 1.807) is 0 Å². The molecule has 1 fully saturated rings. The van der Waals surface area contributed by atoms with Gasteiger partial charge in [-0.05, 0) is 50.5 Å². The van der Waals surface area contributed by atoms with E-state index in [4.69, 9.17) is 9.84 Å². The Hall–Kier alpha value is -3.79. The summed E-state index contributed by atoms with van der Waals surface area (Å²) in [6.07, 6.45) is -9.67. The van der Waals surface area contributed by atoms with Crippen LogP contribution in [0.3, 0.4) is 0 Å². The van der Waals surface area contributed by atoms with Crippen LogP contribution in [0.1, 0.15) is 61.8 Å². The van der Waals surface area contributed by atoms with Crippen molar-refractivity contribution in [2.75, 3.05) is 6.61 Å². The molecule has 2 aliphatic carbocycles. The van der Waals surface area contributed by atoms with Gasteiger partial charge in [0.25, 0.3) is 0 Å². The molecule has 12 heteroatoms. The van der Waals surface area contributed by atoms with E-state index in [1.807, 2.05) is 0 Å². The normalized spacial score (nSPS) is 18.1. The predicted molar refractivity (Wildman–Crippen MR) is 201 cm³/mol. The number of ketones is 1. The molecule has 4 aromatic carbocycles.